The molecular weight excluding hydrogens is 254 g/mol. The van der Waals surface area contributed by atoms with Crippen molar-refractivity contribution in [2.45, 2.75) is 45.1 Å². The fourth-order valence-electron chi connectivity index (χ4n) is 3.00. The topological polar surface area (TPSA) is 56.3 Å². The van der Waals surface area contributed by atoms with E-state index in [0.29, 0.717) is 17.7 Å². The van der Waals surface area contributed by atoms with Gasteiger partial charge in [-0.25, -0.2) is 4.98 Å². The smallest absolute Gasteiger partial charge is 0.240 e. The molecule has 0 spiro atoms. The van der Waals surface area contributed by atoms with Gasteiger partial charge in [-0.3, -0.25) is 0 Å². The van der Waals surface area contributed by atoms with Crippen molar-refractivity contribution in [3.8, 4) is 11.8 Å². The monoisotopic (exact) mass is 279 g/mol. The van der Waals surface area contributed by atoms with Gasteiger partial charge in [-0.1, -0.05) is 26.2 Å². The Morgan fingerprint density at radius 2 is 2.00 bits per heavy atom. The lowest BCUT2D eigenvalue weighted by Crippen LogP contribution is -2.31. The summed E-state index contributed by atoms with van der Waals surface area (Å²) in [6.45, 7) is 3.04. The van der Waals surface area contributed by atoms with E-state index >= 15 is 0 Å². The Balaban J connectivity index is 2.27. The Bertz CT molecular complexity index is 420. The van der Waals surface area contributed by atoms with Crippen molar-refractivity contribution < 1.29 is 9.47 Å². The Morgan fingerprint density at radius 1 is 1.25 bits per heavy atom. The lowest BCUT2D eigenvalue weighted by molar-refractivity contribution is 0.260. The van der Waals surface area contributed by atoms with Crippen LogP contribution in [0.4, 0.5) is 0 Å². The summed E-state index contributed by atoms with van der Waals surface area (Å²) in [7, 11) is 3.23. The third-order valence-corrected chi connectivity index (χ3v) is 3.99. The lowest BCUT2D eigenvalue weighted by Gasteiger charge is -2.30. The van der Waals surface area contributed by atoms with Gasteiger partial charge in [0.05, 0.1) is 26.5 Å². The summed E-state index contributed by atoms with van der Waals surface area (Å²) in [5, 5.41) is 3.56. The number of nitrogens with zero attached hydrogens (tertiary/aromatic N) is 2. The van der Waals surface area contributed by atoms with Crippen LogP contribution in [-0.2, 0) is 0 Å². The quantitative estimate of drug-likeness (QED) is 0.867. The van der Waals surface area contributed by atoms with E-state index < -0.39 is 0 Å². The van der Waals surface area contributed by atoms with E-state index in [1.807, 2.05) is 0 Å². The second-order valence-electron chi connectivity index (χ2n) is 5.24. The number of aromatic nitrogens is 2. The van der Waals surface area contributed by atoms with Crippen molar-refractivity contribution in [3.05, 3.63) is 11.9 Å². The molecule has 0 amide bonds. The number of rotatable bonds is 6. The maximum Gasteiger partial charge on any atom is 0.240 e. The highest BCUT2D eigenvalue weighted by Gasteiger charge is 2.28. The van der Waals surface area contributed by atoms with Gasteiger partial charge < -0.3 is 14.8 Å². The van der Waals surface area contributed by atoms with Crippen LogP contribution in [0.1, 0.15) is 50.8 Å². The van der Waals surface area contributed by atoms with E-state index in [1.165, 1.54) is 32.1 Å². The Hall–Kier alpha value is -1.36. The fraction of sp³-hybridized carbons (Fsp3) is 0.733. The molecule has 0 saturated heterocycles. The summed E-state index contributed by atoms with van der Waals surface area (Å²) >= 11 is 0. The summed E-state index contributed by atoms with van der Waals surface area (Å²) < 4.78 is 10.5. The van der Waals surface area contributed by atoms with Crippen LogP contribution in [-0.4, -0.2) is 30.7 Å². The molecule has 0 bridgehead atoms. The molecule has 1 aromatic heterocycles. The molecule has 5 heteroatoms. The number of nitrogens with one attached hydrogen (secondary N) is 1. The first-order valence-electron chi connectivity index (χ1n) is 7.48. The molecule has 1 aromatic rings. The first-order chi connectivity index (χ1) is 9.80. The zero-order valence-electron chi connectivity index (χ0n) is 12.7. The maximum absolute atomic E-state index is 5.41. The summed E-state index contributed by atoms with van der Waals surface area (Å²) in [6, 6.07) is 0.216. The highest BCUT2D eigenvalue weighted by molar-refractivity contribution is 5.26. The number of hydrogen-bond acceptors (Lipinski definition) is 5. The predicted molar refractivity (Wildman–Crippen MR) is 78.1 cm³/mol. The van der Waals surface area contributed by atoms with Crippen molar-refractivity contribution in [3.63, 3.8) is 0 Å². The molecule has 1 saturated carbocycles. The predicted octanol–water partition coefficient (Wildman–Crippen LogP) is 2.72. The normalized spacial score (nSPS) is 17.8. The molecule has 5 nitrogen and oxygen atoms in total. The Morgan fingerprint density at radius 3 is 2.60 bits per heavy atom. The first kappa shape index (κ1) is 15.0. The van der Waals surface area contributed by atoms with Crippen molar-refractivity contribution in [1.82, 2.24) is 15.3 Å². The summed E-state index contributed by atoms with van der Waals surface area (Å²) in [6.07, 6.45) is 8.12. The van der Waals surface area contributed by atoms with Gasteiger partial charge in [0, 0.05) is 0 Å². The minimum absolute atomic E-state index is 0.216. The molecule has 1 N–H and O–H groups in total. The van der Waals surface area contributed by atoms with Gasteiger partial charge in [-0.15, -0.1) is 0 Å². The number of hydrogen-bond donors (Lipinski definition) is 1. The van der Waals surface area contributed by atoms with Gasteiger partial charge >= 0.3 is 0 Å². The molecule has 2 rings (SSSR count). The number of methoxy groups -OCH3 is 2. The minimum Gasteiger partial charge on any atom is -0.480 e. The molecular formula is C15H25N3O2. The fourth-order valence-corrected chi connectivity index (χ4v) is 3.00. The van der Waals surface area contributed by atoms with E-state index in [4.69, 9.17) is 9.47 Å². The van der Waals surface area contributed by atoms with Crippen LogP contribution in [0.5, 0.6) is 11.8 Å². The van der Waals surface area contributed by atoms with Crippen LogP contribution < -0.4 is 14.8 Å². The van der Waals surface area contributed by atoms with E-state index in [2.05, 4.69) is 22.2 Å². The summed E-state index contributed by atoms with van der Waals surface area (Å²) in [5.74, 6) is 1.67. The largest absolute Gasteiger partial charge is 0.480 e. The Kier molecular flexibility index (Phi) is 5.59. The van der Waals surface area contributed by atoms with E-state index in [0.717, 1.165) is 12.2 Å². The van der Waals surface area contributed by atoms with E-state index in [9.17, 15) is 0 Å². The van der Waals surface area contributed by atoms with E-state index in [1.54, 1.807) is 20.4 Å². The van der Waals surface area contributed by atoms with Gasteiger partial charge in [-0.2, -0.15) is 4.98 Å². The lowest BCUT2D eigenvalue weighted by atomic mass is 9.82. The second kappa shape index (κ2) is 7.43. The highest BCUT2D eigenvalue weighted by atomic mass is 16.5. The SMILES string of the molecule is CCNC(c1ncc(OC)nc1OC)C1CCCCC1. The van der Waals surface area contributed by atoms with Crippen molar-refractivity contribution in [2.75, 3.05) is 20.8 Å². The third-order valence-electron chi connectivity index (χ3n) is 3.99. The first-order valence-corrected chi connectivity index (χ1v) is 7.48. The molecule has 1 aliphatic rings. The summed E-state index contributed by atoms with van der Waals surface area (Å²) in [5.41, 5.74) is 0.905. The van der Waals surface area contributed by atoms with Crippen LogP contribution in [0.2, 0.25) is 0 Å². The molecule has 0 radical (unpaired) electrons. The molecule has 20 heavy (non-hydrogen) atoms. The van der Waals surface area contributed by atoms with Gasteiger partial charge in [-0.05, 0) is 25.3 Å². The van der Waals surface area contributed by atoms with Gasteiger partial charge in [0.1, 0.15) is 5.69 Å². The van der Waals surface area contributed by atoms with Gasteiger partial charge in [0.25, 0.3) is 0 Å². The standard InChI is InChI=1S/C15H25N3O2/c1-4-16-13(11-8-6-5-7-9-11)14-15(20-3)18-12(19-2)10-17-14/h10-11,13,16H,4-9H2,1-3H3. The van der Waals surface area contributed by atoms with Crippen LogP contribution in [0, 0.1) is 5.92 Å². The van der Waals surface area contributed by atoms with Gasteiger partial charge in [0.2, 0.25) is 11.8 Å². The Labute approximate surface area is 121 Å². The van der Waals surface area contributed by atoms with Crippen LogP contribution >= 0.6 is 0 Å². The average Bonchev–Trinajstić information content (AvgIpc) is 2.53. The molecule has 1 unspecified atom stereocenters. The zero-order chi connectivity index (χ0) is 14.4. The highest BCUT2D eigenvalue weighted by Crippen LogP contribution is 2.36. The van der Waals surface area contributed by atoms with E-state index in [-0.39, 0.29) is 6.04 Å². The molecule has 0 aliphatic heterocycles. The molecule has 1 fully saturated rings. The van der Waals surface area contributed by atoms with Crippen LogP contribution in [0.3, 0.4) is 0 Å². The van der Waals surface area contributed by atoms with Gasteiger partial charge in [0.15, 0.2) is 0 Å². The van der Waals surface area contributed by atoms with Crippen LogP contribution in [0.25, 0.3) is 0 Å². The minimum atomic E-state index is 0.216. The summed E-state index contributed by atoms with van der Waals surface area (Å²) in [4.78, 5) is 8.90. The maximum atomic E-state index is 5.41. The number of ether oxygens (including phenoxy) is 2. The molecule has 0 aromatic carbocycles. The molecule has 112 valence electrons. The van der Waals surface area contributed by atoms with Crippen molar-refractivity contribution >= 4 is 0 Å². The zero-order valence-corrected chi connectivity index (χ0v) is 12.7. The molecule has 1 heterocycles. The third kappa shape index (κ3) is 3.39. The molecule has 1 atom stereocenters. The second-order valence-corrected chi connectivity index (χ2v) is 5.24. The van der Waals surface area contributed by atoms with Crippen molar-refractivity contribution in [1.29, 1.82) is 0 Å². The molecule has 1 aliphatic carbocycles. The van der Waals surface area contributed by atoms with Crippen molar-refractivity contribution in [2.24, 2.45) is 5.92 Å². The average molecular weight is 279 g/mol. The van der Waals surface area contributed by atoms with Crippen LogP contribution in [0.15, 0.2) is 6.20 Å².